The Kier molecular flexibility index (Phi) is 5.34. The Labute approximate surface area is 165 Å². The minimum absolute atomic E-state index is 0.138. The number of halogens is 2. The zero-order valence-corrected chi connectivity index (χ0v) is 16.5. The average molecular weight is 406 g/mol. The highest BCUT2D eigenvalue weighted by Crippen LogP contribution is 2.25. The highest BCUT2D eigenvalue weighted by Gasteiger charge is 2.21. The summed E-state index contributed by atoms with van der Waals surface area (Å²) in [5.41, 5.74) is 2.96. The number of rotatable bonds is 4. The van der Waals surface area contributed by atoms with Crippen LogP contribution in [0.4, 0.5) is 5.69 Å². The summed E-state index contributed by atoms with van der Waals surface area (Å²) in [7, 11) is 1.54. The lowest BCUT2D eigenvalue weighted by Gasteiger charge is -2.16. The fourth-order valence-corrected chi connectivity index (χ4v) is 2.99. The van der Waals surface area contributed by atoms with Crippen molar-refractivity contribution in [3.63, 3.8) is 0 Å². The zero-order chi connectivity index (χ0) is 19.7. The zero-order valence-electron chi connectivity index (χ0n) is 15.0. The maximum Gasteiger partial charge on any atom is 0.259 e. The van der Waals surface area contributed by atoms with Crippen LogP contribution >= 0.6 is 23.2 Å². The number of anilines is 1. The Balaban J connectivity index is 1.74. The Morgan fingerprint density at radius 1 is 1.19 bits per heavy atom. The summed E-state index contributed by atoms with van der Waals surface area (Å²) in [6.07, 6.45) is 1.46. The van der Waals surface area contributed by atoms with E-state index < -0.39 is 0 Å². The number of likely N-dealkylation sites (N-methyl/N-ethyl adjacent to an activating group) is 1. The van der Waals surface area contributed by atoms with E-state index in [0.29, 0.717) is 26.9 Å². The van der Waals surface area contributed by atoms with Crippen molar-refractivity contribution in [1.82, 2.24) is 19.5 Å². The molecule has 1 N–H and O–H groups in total. The molecule has 0 bridgehead atoms. The van der Waals surface area contributed by atoms with Gasteiger partial charge in [-0.25, -0.2) is 9.50 Å². The largest absolute Gasteiger partial charge is 0.332 e. The van der Waals surface area contributed by atoms with Crippen molar-refractivity contribution in [2.45, 2.75) is 13.8 Å². The summed E-state index contributed by atoms with van der Waals surface area (Å²) >= 11 is 11.8. The number of carbonyl (C=O) groups excluding carboxylic acids is 2. The molecule has 0 fully saturated rings. The van der Waals surface area contributed by atoms with Gasteiger partial charge in [-0.1, -0.05) is 23.2 Å². The molecule has 0 aliphatic heterocycles. The SMILES string of the molecule is Cc1cc(C)n2ncc(C(=O)N(C)CC(=O)Nc3ccc(Cl)c(Cl)c3)c2n1. The summed E-state index contributed by atoms with van der Waals surface area (Å²) in [5.74, 6) is -0.701. The molecule has 0 atom stereocenters. The highest BCUT2D eigenvalue weighted by atomic mass is 35.5. The smallest absolute Gasteiger partial charge is 0.259 e. The molecule has 3 rings (SSSR count). The van der Waals surface area contributed by atoms with Crippen LogP contribution in [0.2, 0.25) is 10.0 Å². The van der Waals surface area contributed by atoms with Gasteiger partial charge in [0.05, 0.1) is 22.8 Å². The minimum atomic E-state index is -0.360. The molecule has 0 spiro atoms. The third kappa shape index (κ3) is 4.04. The summed E-state index contributed by atoms with van der Waals surface area (Å²) < 4.78 is 1.60. The van der Waals surface area contributed by atoms with Gasteiger partial charge in [0.15, 0.2) is 5.65 Å². The van der Waals surface area contributed by atoms with Gasteiger partial charge in [0.25, 0.3) is 5.91 Å². The topological polar surface area (TPSA) is 79.6 Å². The molecule has 2 aromatic heterocycles. The number of nitrogens with zero attached hydrogens (tertiary/aromatic N) is 4. The number of amides is 2. The molecular weight excluding hydrogens is 389 g/mol. The third-order valence-electron chi connectivity index (χ3n) is 3.94. The van der Waals surface area contributed by atoms with Crippen LogP contribution in [0.25, 0.3) is 5.65 Å². The molecule has 2 amide bonds. The van der Waals surface area contributed by atoms with Crippen molar-refractivity contribution in [1.29, 1.82) is 0 Å². The number of hydrogen-bond donors (Lipinski definition) is 1. The van der Waals surface area contributed by atoms with Crippen LogP contribution in [-0.2, 0) is 4.79 Å². The molecule has 0 radical (unpaired) electrons. The van der Waals surface area contributed by atoms with E-state index in [4.69, 9.17) is 23.2 Å². The highest BCUT2D eigenvalue weighted by molar-refractivity contribution is 6.42. The van der Waals surface area contributed by atoms with Gasteiger partial charge in [-0.15, -0.1) is 0 Å². The van der Waals surface area contributed by atoms with Crippen LogP contribution in [0.1, 0.15) is 21.7 Å². The van der Waals surface area contributed by atoms with Crippen LogP contribution in [0.15, 0.2) is 30.5 Å². The maximum absolute atomic E-state index is 12.7. The molecule has 2 heterocycles. The molecule has 140 valence electrons. The van der Waals surface area contributed by atoms with Gasteiger partial charge in [-0.2, -0.15) is 5.10 Å². The van der Waals surface area contributed by atoms with E-state index in [1.165, 1.54) is 11.1 Å². The predicted molar refractivity (Wildman–Crippen MR) is 105 cm³/mol. The van der Waals surface area contributed by atoms with Crippen LogP contribution in [0.3, 0.4) is 0 Å². The lowest BCUT2D eigenvalue weighted by atomic mass is 10.2. The number of hydrogen-bond acceptors (Lipinski definition) is 4. The molecule has 0 saturated heterocycles. The van der Waals surface area contributed by atoms with E-state index in [9.17, 15) is 9.59 Å². The molecule has 1 aromatic carbocycles. The van der Waals surface area contributed by atoms with E-state index in [1.807, 2.05) is 19.9 Å². The van der Waals surface area contributed by atoms with Gasteiger partial charge in [-0.3, -0.25) is 9.59 Å². The molecule has 0 saturated carbocycles. The minimum Gasteiger partial charge on any atom is -0.332 e. The molecule has 27 heavy (non-hydrogen) atoms. The average Bonchev–Trinajstić information content (AvgIpc) is 3.01. The second kappa shape index (κ2) is 7.54. The molecule has 3 aromatic rings. The second-order valence-electron chi connectivity index (χ2n) is 6.17. The first-order valence-corrected chi connectivity index (χ1v) is 8.84. The standard InChI is InChI=1S/C18H17Cl2N5O2/c1-10-6-11(2)25-17(22-10)13(8-21-25)18(27)24(3)9-16(26)23-12-4-5-14(19)15(20)7-12/h4-8H,9H2,1-3H3,(H,23,26). The van der Waals surface area contributed by atoms with Crippen molar-refractivity contribution in [2.24, 2.45) is 0 Å². The number of nitrogens with one attached hydrogen (secondary N) is 1. The number of aryl methyl sites for hydroxylation is 2. The van der Waals surface area contributed by atoms with Gasteiger partial charge in [0, 0.05) is 24.1 Å². The van der Waals surface area contributed by atoms with Gasteiger partial charge >= 0.3 is 0 Å². The lowest BCUT2D eigenvalue weighted by molar-refractivity contribution is -0.116. The van der Waals surface area contributed by atoms with E-state index in [2.05, 4.69) is 15.4 Å². The first-order valence-electron chi connectivity index (χ1n) is 8.08. The predicted octanol–water partition coefficient (Wildman–Crippen LogP) is 3.36. The monoisotopic (exact) mass is 405 g/mol. The first-order chi connectivity index (χ1) is 12.8. The van der Waals surface area contributed by atoms with Gasteiger partial charge < -0.3 is 10.2 Å². The molecule has 0 aliphatic carbocycles. The van der Waals surface area contributed by atoms with Crippen LogP contribution in [-0.4, -0.2) is 44.9 Å². The van der Waals surface area contributed by atoms with Crippen LogP contribution in [0.5, 0.6) is 0 Å². The van der Waals surface area contributed by atoms with Gasteiger partial charge in [-0.05, 0) is 38.1 Å². The number of benzene rings is 1. The maximum atomic E-state index is 12.7. The van der Waals surface area contributed by atoms with Crippen molar-refractivity contribution >= 4 is 46.4 Å². The van der Waals surface area contributed by atoms with Gasteiger partial charge in [0.2, 0.25) is 5.91 Å². The van der Waals surface area contributed by atoms with Crippen molar-refractivity contribution in [2.75, 3.05) is 18.9 Å². The van der Waals surface area contributed by atoms with Crippen LogP contribution < -0.4 is 5.32 Å². The third-order valence-corrected chi connectivity index (χ3v) is 4.68. The first kappa shape index (κ1) is 19.1. The number of carbonyl (C=O) groups is 2. The molecule has 9 heteroatoms. The summed E-state index contributed by atoms with van der Waals surface area (Å²) in [4.78, 5) is 30.7. The normalized spacial score (nSPS) is 10.9. The quantitative estimate of drug-likeness (QED) is 0.721. The Bertz CT molecular complexity index is 1050. The fourth-order valence-electron chi connectivity index (χ4n) is 2.69. The molecule has 7 nitrogen and oxygen atoms in total. The summed E-state index contributed by atoms with van der Waals surface area (Å²) in [5, 5.41) is 7.62. The van der Waals surface area contributed by atoms with E-state index in [0.717, 1.165) is 11.4 Å². The second-order valence-corrected chi connectivity index (χ2v) is 6.99. The fraction of sp³-hybridized carbons (Fsp3) is 0.222. The molecule has 0 aliphatic rings. The molecular formula is C18H17Cl2N5O2. The summed E-state index contributed by atoms with van der Waals surface area (Å²) in [6.45, 7) is 3.60. The Morgan fingerprint density at radius 3 is 2.63 bits per heavy atom. The van der Waals surface area contributed by atoms with Crippen molar-refractivity contribution in [3.05, 3.63) is 57.5 Å². The van der Waals surface area contributed by atoms with E-state index >= 15 is 0 Å². The lowest BCUT2D eigenvalue weighted by Crippen LogP contribution is -2.35. The Morgan fingerprint density at radius 2 is 1.93 bits per heavy atom. The number of aromatic nitrogens is 3. The van der Waals surface area contributed by atoms with E-state index in [1.54, 1.807) is 29.8 Å². The van der Waals surface area contributed by atoms with E-state index in [-0.39, 0.29) is 18.4 Å². The summed E-state index contributed by atoms with van der Waals surface area (Å²) in [6, 6.07) is 6.64. The van der Waals surface area contributed by atoms with Crippen molar-refractivity contribution in [3.8, 4) is 0 Å². The van der Waals surface area contributed by atoms with Crippen LogP contribution in [0, 0.1) is 13.8 Å². The molecule has 0 unspecified atom stereocenters. The Hall–Kier alpha value is -2.64. The van der Waals surface area contributed by atoms with Gasteiger partial charge in [0.1, 0.15) is 5.56 Å². The number of fused-ring (bicyclic) bond motifs is 1. The van der Waals surface area contributed by atoms with Crippen molar-refractivity contribution < 1.29 is 9.59 Å².